The first-order valence-electron chi connectivity index (χ1n) is 6.18. The number of carbonyl (C=O) groups excluding carboxylic acids is 1. The Bertz CT molecular complexity index is 414. The van der Waals surface area contributed by atoms with Crippen molar-refractivity contribution in [2.24, 2.45) is 5.73 Å². The lowest BCUT2D eigenvalue weighted by Gasteiger charge is -2.15. The van der Waals surface area contributed by atoms with E-state index in [4.69, 9.17) is 10.5 Å². The molecule has 0 saturated heterocycles. The maximum atomic E-state index is 11.5. The van der Waals surface area contributed by atoms with Gasteiger partial charge in [0.15, 0.2) is 6.61 Å². The predicted molar refractivity (Wildman–Crippen MR) is 72.6 cm³/mol. The highest BCUT2D eigenvalue weighted by atomic mass is 16.5. The van der Waals surface area contributed by atoms with Crippen LogP contribution in [0.3, 0.4) is 0 Å². The molecular formula is C14H22N2O2. The van der Waals surface area contributed by atoms with E-state index >= 15 is 0 Å². The maximum absolute atomic E-state index is 11.5. The minimum absolute atomic E-state index is 0.0148. The van der Waals surface area contributed by atoms with Gasteiger partial charge in [-0.05, 0) is 33.8 Å². The number of hydrogen-bond acceptors (Lipinski definition) is 3. The van der Waals surface area contributed by atoms with Crippen molar-refractivity contribution in [2.45, 2.75) is 39.8 Å². The Morgan fingerprint density at radius 2 is 2.06 bits per heavy atom. The maximum Gasteiger partial charge on any atom is 0.258 e. The molecule has 3 N–H and O–H groups in total. The zero-order valence-electron chi connectivity index (χ0n) is 11.5. The van der Waals surface area contributed by atoms with Gasteiger partial charge in [-0.15, -0.1) is 0 Å². The second-order valence-electron chi connectivity index (χ2n) is 4.84. The molecule has 4 nitrogen and oxygen atoms in total. The third kappa shape index (κ3) is 4.37. The van der Waals surface area contributed by atoms with Crippen LogP contribution in [0.25, 0.3) is 0 Å². The Morgan fingerprint density at radius 3 is 2.61 bits per heavy atom. The lowest BCUT2D eigenvalue weighted by Crippen LogP contribution is -2.34. The van der Waals surface area contributed by atoms with Crippen LogP contribution >= 0.6 is 0 Å². The molecule has 100 valence electrons. The molecule has 0 saturated carbocycles. The van der Waals surface area contributed by atoms with Crippen LogP contribution in [0.2, 0.25) is 0 Å². The first-order valence-corrected chi connectivity index (χ1v) is 6.18. The van der Waals surface area contributed by atoms with Gasteiger partial charge in [0.1, 0.15) is 5.75 Å². The molecule has 0 aliphatic rings. The molecule has 1 rings (SSSR count). The van der Waals surface area contributed by atoms with Crippen LogP contribution in [-0.4, -0.2) is 18.6 Å². The van der Waals surface area contributed by atoms with E-state index in [1.807, 2.05) is 45.9 Å². The van der Waals surface area contributed by atoms with Crippen molar-refractivity contribution in [2.75, 3.05) is 6.61 Å². The molecule has 4 heteroatoms. The third-order valence-electron chi connectivity index (χ3n) is 2.46. The Balaban J connectivity index is 2.70. The zero-order chi connectivity index (χ0) is 13.7. The molecule has 1 amide bonds. The molecule has 0 heterocycles. The molecule has 0 aromatic heterocycles. The summed E-state index contributed by atoms with van der Waals surface area (Å²) in [6.07, 6.45) is 0. The topological polar surface area (TPSA) is 64.3 Å². The molecule has 1 aromatic rings. The Morgan fingerprint density at radius 1 is 1.39 bits per heavy atom. The van der Waals surface area contributed by atoms with Crippen molar-refractivity contribution in [3.05, 3.63) is 29.3 Å². The van der Waals surface area contributed by atoms with Gasteiger partial charge in [0.2, 0.25) is 0 Å². The molecule has 18 heavy (non-hydrogen) atoms. The van der Waals surface area contributed by atoms with Gasteiger partial charge in [-0.1, -0.05) is 17.7 Å². The molecular weight excluding hydrogens is 228 g/mol. The van der Waals surface area contributed by atoms with Gasteiger partial charge < -0.3 is 15.8 Å². The summed E-state index contributed by atoms with van der Waals surface area (Å²) in [7, 11) is 0. The van der Waals surface area contributed by atoms with E-state index in [2.05, 4.69) is 5.32 Å². The van der Waals surface area contributed by atoms with Crippen molar-refractivity contribution in [3.8, 4) is 5.75 Å². The van der Waals surface area contributed by atoms with Crippen molar-refractivity contribution < 1.29 is 9.53 Å². The number of hydrogen-bond donors (Lipinski definition) is 2. The van der Waals surface area contributed by atoms with Crippen LogP contribution in [0.15, 0.2) is 18.2 Å². The summed E-state index contributed by atoms with van der Waals surface area (Å²) in [4.78, 5) is 11.5. The third-order valence-corrected chi connectivity index (χ3v) is 2.46. The van der Waals surface area contributed by atoms with Gasteiger partial charge in [0.05, 0.1) is 0 Å². The van der Waals surface area contributed by atoms with Gasteiger partial charge in [-0.2, -0.15) is 0 Å². The van der Waals surface area contributed by atoms with Gasteiger partial charge in [-0.25, -0.2) is 0 Å². The molecule has 1 atom stereocenters. The van der Waals surface area contributed by atoms with Crippen molar-refractivity contribution in [1.82, 2.24) is 5.32 Å². The summed E-state index contributed by atoms with van der Waals surface area (Å²) in [5, 5.41) is 2.78. The Hall–Kier alpha value is -1.55. The summed E-state index contributed by atoms with van der Waals surface area (Å²) in [6.45, 7) is 7.74. The number of rotatable bonds is 5. The summed E-state index contributed by atoms with van der Waals surface area (Å²) < 4.78 is 5.52. The highest BCUT2D eigenvalue weighted by Gasteiger charge is 2.10. The summed E-state index contributed by atoms with van der Waals surface area (Å²) in [5.74, 6) is 0.552. The summed E-state index contributed by atoms with van der Waals surface area (Å²) in [5.41, 5.74) is 7.94. The fraction of sp³-hybridized carbons (Fsp3) is 0.500. The second-order valence-corrected chi connectivity index (χ2v) is 4.84. The van der Waals surface area contributed by atoms with Crippen LogP contribution in [-0.2, 0) is 4.79 Å². The quantitative estimate of drug-likeness (QED) is 0.839. The van der Waals surface area contributed by atoms with E-state index < -0.39 is 0 Å². The van der Waals surface area contributed by atoms with Gasteiger partial charge >= 0.3 is 0 Å². The number of amides is 1. The monoisotopic (exact) mass is 250 g/mol. The van der Waals surface area contributed by atoms with Crippen molar-refractivity contribution >= 4 is 5.91 Å². The first kappa shape index (κ1) is 14.5. The van der Waals surface area contributed by atoms with Gasteiger partial charge in [-0.3, -0.25) is 4.79 Å². The fourth-order valence-electron chi connectivity index (χ4n) is 1.66. The van der Waals surface area contributed by atoms with Crippen LogP contribution in [0.1, 0.15) is 37.9 Å². The molecule has 1 aromatic carbocycles. The van der Waals surface area contributed by atoms with Crippen LogP contribution in [0.5, 0.6) is 5.75 Å². The van der Waals surface area contributed by atoms with E-state index in [1.54, 1.807) is 0 Å². The smallest absolute Gasteiger partial charge is 0.258 e. The second kappa shape index (κ2) is 6.40. The van der Waals surface area contributed by atoms with Crippen LogP contribution in [0.4, 0.5) is 0 Å². The molecule has 0 aliphatic heterocycles. The highest BCUT2D eigenvalue weighted by Crippen LogP contribution is 2.24. The number of nitrogens with two attached hydrogens (primary N) is 1. The van der Waals surface area contributed by atoms with Crippen LogP contribution < -0.4 is 15.8 Å². The van der Waals surface area contributed by atoms with Gasteiger partial charge in [0, 0.05) is 17.6 Å². The molecule has 0 fully saturated rings. The van der Waals surface area contributed by atoms with Crippen molar-refractivity contribution in [1.29, 1.82) is 0 Å². The largest absolute Gasteiger partial charge is 0.483 e. The molecule has 0 aliphatic carbocycles. The van der Waals surface area contributed by atoms with E-state index in [9.17, 15) is 4.79 Å². The zero-order valence-corrected chi connectivity index (χ0v) is 11.5. The standard InChI is InChI=1S/C14H22N2O2/c1-9(2)16-14(17)8-18-13-6-5-10(3)7-12(13)11(4)15/h5-7,9,11H,8,15H2,1-4H3,(H,16,17)/t11-/m1/s1. The molecule has 0 bridgehead atoms. The molecule has 0 unspecified atom stereocenters. The Labute approximate surface area is 109 Å². The molecule has 0 radical (unpaired) electrons. The summed E-state index contributed by atoms with van der Waals surface area (Å²) in [6, 6.07) is 5.79. The fourth-order valence-corrected chi connectivity index (χ4v) is 1.66. The van der Waals surface area contributed by atoms with Crippen molar-refractivity contribution in [3.63, 3.8) is 0 Å². The van der Waals surface area contributed by atoms with E-state index in [0.717, 1.165) is 11.1 Å². The number of benzene rings is 1. The van der Waals surface area contributed by atoms with E-state index in [1.165, 1.54) is 0 Å². The summed E-state index contributed by atoms with van der Waals surface area (Å²) >= 11 is 0. The minimum atomic E-state index is -0.124. The first-order chi connectivity index (χ1) is 8.40. The molecule has 0 spiro atoms. The average Bonchev–Trinajstić information content (AvgIpc) is 2.26. The number of nitrogens with one attached hydrogen (secondary N) is 1. The van der Waals surface area contributed by atoms with E-state index in [0.29, 0.717) is 5.75 Å². The minimum Gasteiger partial charge on any atom is -0.483 e. The highest BCUT2D eigenvalue weighted by molar-refractivity contribution is 5.77. The Kier molecular flexibility index (Phi) is 5.16. The SMILES string of the molecule is Cc1ccc(OCC(=O)NC(C)C)c([C@@H](C)N)c1. The predicted octanol–water partition coefficient (Wildman–Crippen LogP) is 1.92. The lowest BCUT2D eigenvalue weighted by molar-refractivity contribution is -0.123. The lowest BCUT2D eigenvalue weighted by atomic mass is 10.1. The number of carbonyl (C=O) groups is 1. The number of aryl methyl sites for hydroxylation is 1. The normalized spacial score (nSPS) is 12.3. The average molecular weight is 250 g/mol. The number of ether oxygens (including phenoxy) is 1. The van der Waals surface area contributed by atoms with E-state index in [-0.39, 0.29) is 24.6 Å². The van der Waals surface area contributed by atoms with Crippen LogP contribution in [0, 0.1) is 6.92 Å². The van der Waals surface area contributed by atoms with Gasteiger partial charge in [0.25, 0.3) is 5.91 Å².